The van der Waals surface area contributed by atoms with Crippen molar-refractivity contribution in [1.82, 2.24) is 4.90 Å². The van der Waals surface area contributed by atoms with Gasteiger partial charge in [-0.1, -0.05) is 48.0 Å². The van der Waals surface area contributed by atoms with Crippen molar-refractivity contribution in [2.45, 2.75) is 12.8 Å². The van der Waals surface area contributed by atoms with E-state index in [2.05, 4.69) is 5.32 Å². The van der Waals surface area contributed by atoms with Crippen LogP contribution in [0, 0.1) is 0 Å². The molecule has 0 saturated carbocycles. The summed E-state index contributed by atoms with van der Waals surface area (Å²) in [6.07, 6.45) is 0.745. The van der Waals surface area contributed by atoms with E-state index in [1.807, 2.05) is 42.5 Å². The van der Waals surface area contributed by atoms with Gasteiger partial charge in [0, 0.05) is 36.2 Å². The molecule has 0 aliphatic heterocycles. The number of carbonyl (C=O) groups excluding carboxylic acids is 2. The molecule has 2 amide bonds. The van der Waals surface area contributed by atoms with Crippen LogP contribution in [0.1, 0.15) is 12.2 Å². The van der Waals surface area contributed by atoms with Crippen LogP contribution in [0.4, 0.5) is 5.69 Å². The molecule has 0 bridgehead atoms. The molecule has 3 aromatic rings. The first-order valence-electron chi connectivity index (χ1n) is 8.95. The molecule has 1 heterocycles. The van der Waals surface area contributed by atoms with E-state index in [4.69, 9.17) is 16.0 Å². The molecule has 5 nitrogen and oxygen atoms in total. The number of hydrogen-bond acceptors (Lipinski definition) is 3. The minimum Gasteiger partial charge on any atom is -0.461 e. The van der Waals surface area contributed by atoms with Crippen molar-refractivity contribution < 1.29 is 14.0 Å². The number of aryl methyl sites for hydroxylation is 1. The highest BCUT2D eigenvalue weighted by Gasteiger charge is 2.14. The molecule has 0 fully saturated rings. The Balaban J connectivity index is 1.48. The summed E-state index contributed by atoms with van der Waals surface area (Å²) in [7, 11) is 1.61. The summed E-state index contributed by atoms with van der Waals surface area (Å²) in [6, 6.07) is 20.4. The minimum absolute atomic E-state index is 0.0290. The topological polar surface area (TPSA) is 62.6 Å². The van der Waals surface area contributed by atoms with Gasteiger partial charge in [0.2, 0.25) is 11.8 Å². The molecule has 0 aliphatic carbocycles. The summed E-state index contributed by atoms with van der Waals surface area (Å²) >= 11 is 5.90. The molecule has 0 aliphatic rings. The monoisotopic (exact) mass is 396 g/mol. The predicted octanol–water partition coefficient (Wildman–Crippen LogP) is 4.63. The number of carbonyl (C=O) groups is 2. The Kier molecular flexibility index (Phi) is 6.50. The molecule has 6 heteroatoms. The van der Waals surface area contributed by atoms with E-state index in [1.54, 1.807) is 31.3 Å². The maximum Gasteiger partial charge on any atom is 0.243 e. The first kappa shape index (κ1) is 19.7. The van der Waals surface area contributed by atoms with Gasteiger partial charge < -0.3 is 14.6 Å². The van der Waals surface area contributed by atoms with Gasteiger partial charge in [0.15, 0.2) is 0 Å². The Bertz CT molecular complexity index is 953. The molecule has 3 rings (SSSR count). The Labute approximate surface area is 168 Å². The average Bonchev–Trinajstić information content (AvgIpc) is 3.15. The summed E-state index contributed by atoms with van der Waals surface area (Å²) in [5.74, 6) is 1.11. The van der Waals surface area contributed by atoms with Crippen LogP contribution >= 0.6 is 11.6 Å². The van der Waals surface area contributed by atoms with Gasteiger partial charge in [-0.05, 0) is 30.3 Å². The van der Waals surface area contributed by atoms with E-state index in [9.17, 15) is 9.59 Å². The van der Waals surface area contributed by atoms with Crippen LogP contribution in [0.5, 0.6) is 0 Å². The molecule has 0 atom stereocenters. The van der Waals surface area contributed by atoms with Crippen LogP contribution in [0.3, 0.4) is 0 Å². The minimum atomic E-state index is -0.275. The second kappa shape index (κ2) is 9.24. The van der Waals surface area contributed by atoms with Crippen LogP contribution in [-0.2, 0) is 16.0 Å². The number of benzene rings is 2. The number of rotatable bonds is 7. The molecule has 28 heavy (non-hydrogen) atoms. The number of likely N-dealkylation sites (N-methyl/N-ethyl adjacent to an activating group) is 1. The van der Waals surface area contributed by atoms with Crippen molar-refractivity contribution in [3.8, 4) is 11.3 Å². The summed E-state index contributed by atoms with van der Waals surface area (Å²) in [4.78, 5) is 25.8. The van der Waals surface area contributed by atoms with E-state index in [0.29, 0.717) is 17.1 Å². The predicted molar refractivity (Wildman–Crippen MR) is 110 cm³/mol. The molecule has 144 valence electrons. The maximum atomic E-state index is 12.3. The lowest BCUT2D eigenvalue weighted by atomic mass is 10.2. The van der Waals surface area contributed by atoms with Crippen molar-refractivity contribution in [3.63, 3.8) is 0 Å². The van der Waals surface area contributed by atoms with Gasteiger partial charge in [-0.15, -0.1) is 0 Å². The molecule has 1 N–H and O–H groups in total. The molecule has 1 aromatic heterocycles. The highest BCUT2D eigenvalue weighted by Crippen LogP contribution is 2.22. The fraction of sp³-hybridized carbons (Fsp3) is 0.182. The molecular formula is C22H21ClN2O3. The molecule has 0 radical (unpaired) electrons. The summed E-state index contributed by atoms with van der Waals surface area (Å²) in [6.45, 7) is -0.0290. The standard InChI is InChI=1S/C22H21ClN2O3/c1-25(15-21(26)24-18-9-5-8-17(23)14-18)22(27)13-11-19-10-12-20(28-19)16-6-3-2-4-7-16/h2-10,12,14H,11,13,15H2,1H3,(H,24,26). The smallest absolute Gasteiger partial charge is 0.243 e. The zero-order chi connectivity index (χ0) is 19.9. The quantitative estimate of drug-likeness (QED) is 0.633. The summed E-state index contributed by atoms with van der Waals surface area (Å²) in [5.41, 5.74) is 1.59. The third kappa shape index (κ3) is 5.47. The summed E-state index contributed by atoms with van der Waals surface area (Å²) in [5, 5.41) is 3.27. The SMILES string of the molecule is CN(CC(=O)Nc1cccc(Cl)c1)C(=O)CCc1ccc(-c2ccccc2)o1. The Hall–Kier alpha value is -3.05. The van der Waals surface area contributed by atoms with Gasteiger partial charge in [-0.3, -0.25) is 9.59 Å². The zero-order valence-corrected chi connectivity index (χ0v) is 16.3. The fourth-order valence-corrected chi connectivity index (χ4v) is 2.95. The lowest BCUT2D eigenvalue weighted by molar-refractivity contribution is -0.133. The Morgan fingerprint density at radius 3 is 2.57 bits per heavy atom. The van der Waals surface area contributed by atoms with E-state index < -0.39 is 0 Å². The number of furan rings is 1. The summed E-state index contributed by atoms with van der Waals surface area (Å²) < 4.78 is 5.81. The first-order valence-corrected chi connectivity index (χ1v) is 9.32. The van der Waals surface area contributed by atoms with Crippen molar-refractivity contribution >= 4 is 29.1 Å². The van der Waals surface area contributed by atoms with Crippen molar-refractivity contribution in [1.29, 1.82) is 0 Å². The van der Waals surface area contributed by atoms with E-state index in [0.717, 1.165) is 17.1 Å². The van der Waals surface area contributed by atoms with Crippen LogP contribution in [0.15, 0.2) is 71.1 Å². The van der Waals surface area contributed by atoms with Gasteiger partial charge in [0.25, 0.3) is 0 Å². The Morgan fingerprint density at radius 2 is 1.82 bits per heavy atom. The van der Waals surface area contributed by atoms with Crippen LogP contribution < -0.4 is 5.32 Å². The number of nitrogens with zero attached hydrogens (tertiary/aromatic N) is 1. The zero-order valence-electron chi connectivity index (χ0n) is 15.5. The number of hydrogen-bond donors (Lipinski definition) is 1. The van der Waals surface area contributed by atoms with Crippen LogP contribution in [0.25, 0.3) is 11.3 Å². The van der Waals surface area contributed by atoms with E-state index in [-0.39, 0.29) is 24.8 Å². The number of anilines is 1. The van der Waals surface area contributed by atoms with Gasteiger partial charge in [-0.2, -0.15) is 0 Å². The van der Waals surface area contributed by atoms with Gasteiger partial charge in [-0.25, -0.2) is 0 Å². The normalized spacial score (nSPS) is 10.5. The maximum absolute atomic E-state index is 12.3. The third-order valence-electron chi connectivity index (χ3n) is 4.22. The largest absolute Gasteiger partial charge is 0.461 e. The molecule has 0 saturated heterocycles. The second-order valence-corrected chi connectivity index (χ2v) is 6.88. The van der Waals surface area contributed by atoms with E-state index in [1.165, 1.54) is 4.90 Å². The average molecular weight is 397 g/mol. The Morgan fingerprint density at radius 1 is 1.04 bits per heavy atom. The number of amides is 2. The molecule has 0 spiro atoms. The van der Waals surface area contributed by atoms with Crippen molar-refractivity contribution in [2.75, 3.05) is 18.9 Å². The highest BCUT2D eigenvalue weighted by atomic mass is 35.5. The van der Waals surface area contributed by atoms with Crippen LogP contribution in [-0.4, -0.2) is 30.3 Å². The number of halogens is 1. The van der Waals surface area contributed by atoms with Crippen molar-refractivity contribution in [3.05, 3.63) is 77.5 Å². The molecular weight excluding hydrogens is 376 g/mol. The highest BCUT2D eigenvalue weighted by molar-refractivity contribution is 6.30. The lowest BCUT2D eigenvalue weighted by Gasteiger charge is -2.16. The molecule has 0 unspecified atom stereocenters. The van der Waals surface area contributed by atoms with Crippen molar-refractivity contribution in [2.24, 2.45) is 0 Å². The van der Waals surface area contributed by atoms with Gasteiger partial charge >= 0.3 is 0 Å². The van der Waals surface area contributed by atoms with Gasteiger partial charge in [0.1, 0.15) is 11.5 Å². The number of nitrogens with one attached hydrogen (secondary N) is 1. The third-order valence-corrected chi connectivity index (χ3v) is 4.46. The van der Waals surface area contributed by atoms with E-state index >= 15 is 0 Å². The first-order chi connectivity index (χ1) is 13.5. The lowest BCUT2D eigenvalue weighted by Crippen LogP contribution is -2.35. The van der Waals surface area contributed by atoms with Crippen LogP contribution in [0.2, 0.25) is 5.02 Å². The molecule has 2 aromatic carbocycles. The second-order valence-electron chi connectivity index (χ2n) is 6.44. The fourth-order valence-electron chi connectivity index (χ4n) is 2.76. The van der Waals surface area contributed by atoms with Gasteiger partial charge in [0.05, 0.1) is 6.54 Å².